The van der Waals surface area contributed by atoms with E-state index in [2.05, 4.69) is 15.9 Å². The van der Waals surface area contributed by atoms with Crippen LogP contribution in [0.25, 0.3) is 0 Å². The van der Waals surface area contributed by atoms with E-state index in [9.17, 15) is 18.0 Å². The molecule has 1 N–H and O–H groups in total. The second kappa shape index (κ2) is 5.83. The second-order valence-corrected chi connectivity index (χ2v) is 5.91. The molecule has 96 valence electrons. The maximum absolute atomic E-state index is 12.2. The lowest BCUT2D eigenvalue weighted by Gasteiger charge is -2.20. The Kier molecular flexibility index (Phi) is 4.96. The average Bonchev–Trinajstić information content (AvgIpc) is 2.46. The molecule has 0 amide bonds. The van der Waals surface area contributed by atoms with E-state index in [1.807, 2.05) is 0 Å². The Bertz CT molecular complexity index is 394. The number of thiophene rings is 1. The number of hydrogen-bond acceptors (Lipinski definition) is 3. The Hall–Kier alpha value is -0.600. The Morgan fingerprint density at radius 3 is 2.53 bits per heavy atom. The lowest BCUT2D eigenvalue weighted by molar-refractivity contribution is -0.154. The number of rotatable bonds is 5. The van der Waals surface area contributed by atoms with Gasteiger partial charge in [0.1, 0.15) is 0 Å². The van der Waals surface area contributed by atoms with E-state index in [0.29, 0.717) is 4.88 Å². The molecule has 0 saturated heterocycles. The van der Waals surface area contributed by atoms with Crippen LogP contribution in [-0.4, -0.2) is 35.2 Å². The van der Waals surface area contributed by atoms with Gasteiger partial charge in [0.25, 0.3) is 0 Å². The topological polar surface area (TPSA) is 40.5 Å². The van der Waals surface area contributed by atoms with Crippen molar-refractivity contribution in [2.75, 3.05) is 13.1 Å². The molecule has 0 radical (unpaired) electrons. The van der Waals surface area contributed by atoms with Gasteiger partial charge in [0.15, 0.2) is 0 Å². The van der Waals surface area contributed by atoms with E-state index in [1.54, 1.807) is 12.1 Å². The maximum atomic E-state index is 12.2. The van der Waals surface area contributed by atoms with Crippen molar-refractivity contribution in [3.8, 4) is 0 Å². The minimum Gasteiger partial charge on any atom is -0.480 e. The number of nitrogens with zero attached hydrogens (tertiary/aromatic N) is 1. The molecule has 1 rings (SSSR count). The van der Waals surface area contributed by atoms with Crippen molar-refractivity contribution in [1.82, 2.24) is 4.90 Å². The van der Waals surface area contributed by atoms with Gasteiger partial charge in [-0.1, -0.05) is 0 Å². The smallest absolute Gasteiger partial charge is 0.401 e. The molecule has 0 bridgehead atoms. The third-order valence-corrected chi connectivity index (χ3v) is 3.38. The van der Waals surface area contributed by atoms with Crippen LogP contribution in [0.4, 0.5) is 13.2 Å². The SMILES string of the molecule is O=C(O)CN(Cc1ccc(Br)s1)CC(F)(F)F. The third kappa shape index (κ3) is 6.04. The standard InChI is InChI=1S/C9H9BrF3NO2S/c10-7-2-1-6(17-7)3-14(4-8(15)16)5-9(11,12)13/h1-2H,3-5H2,(H,15,16). The number of hydrogen-bond donors (Lipinski definition) is 1. The van der Waals surface area contributed by atoms with Crippen molar-refractivity contribution in [1.29, 1.82) is 0 Å². The van der Waals surface area contributed by atoms with Crippen molar-refractivity contribution >= 4 is 33.2 Å². The van der Waals surface area contributed by atoms with Crippen molar-refractivity contribution in [3.05, 3.63) is 20.8 Å². The molecule has 1 heterocycles. The predicted octanol–water partition coefficient (Wildman–Crippen LogP) is 2.96. The summed E-state index contributed by atoms with van der Waals surface area (Å²) in [5, 5.41) is 8.55. The van der Waals surface area contributed by atoms with Gasteiger partial charge in [0.2, 0.25) is 0 Å². The summed E-state index contributed by atoms with van der Waals surface area (Å²) in [6, 6.07) is 3.38. The van der Waals surface area contributed by atoms with Gasteiger partial charge in [-0.2, -0.15) is 13.2 Å². The van der Waals surface area contributed by atoms with Crippen LogP contribution in [0.3, 0.4) is 0 Å². The summed E-state index contributed by atoms with van der Waals surface area (Å²) in [5.41, 5.74) is 0. The number of aliphatic carboxylic acids is 1. The summed E-state index contributed by atoms with van der Waals surface area (Å²) >= 11 is 4.48. The first kappa shape index (κ1) is 14.5. The Morgan fingerprint density at radius 1 is 1.47 bits per heavy atom. The summed E-state index contributed by atoms with van der Waals surface area (Å²) in [7, 11) is 0. The highest BCUT2D eigenvalue weighted by Gasteiger charge is 2.31. The van der Waals surface area contributed by atoms with Gasteiger partial charge in [0.05, 0.1) is 16.9 Å². The fourth-order valence-corrected chi connectivity index (χ4v) is 2.80. The van der Waals surface area contributed by atoms with Gasteiger partial charge < -0.3 is 5.11 Å². The summed E-state index contributed by atoms with van der Waals surface area (Å²) in [6.45, 7) is -1.88. The zero-order valence-corrected chi connectivity index (χ0v) is 10.9. The molecule has 0 aliphatic carbocycles. The van der Waals surface area contributed by atoms with Crippen LogP contribution in [0, 0.1) is 0 Å². The lowest BCUT2D eigenvalue weighted by Crippen LogP contribution is -2.37. The Labute approximate surface area is 108 Å². The molecule has 0 aliphatic rings. The Morgan fingerprint density at radius 2 is 2.12 bits per heavy atom. The van der Waals surface area contributed by atoms with Crippen molar-refractivity contribution < 1.29 is 23.1 Å². The number of halogens is 4. The number of carboxylic acid groups (broad SMARTS) is 1. The molecule has 0 unspecified atom stereocenters. The van der Waals surface area contributed by atoms with Crippen LogP contribution in [0.5, 0.6) is 0 Å². The van der Waals surface area contributed by atoms with Crippen LogP contribution in [0.2, 0.25) is 0 Å². The van der Waals surface area contributed by atoms with E-state index in [4.69, 9.17) is 5.11 Å². The van der Waals surface area contributed by atoms with Gasteiger partial charge in [-0.15, -0.1) is 11.3 Å². The highest BCUT2D eigenvalue weighted by molar-refractivity contribution is 9.11. The van der Waals surface area contributed by atoms with Crippen LogP contribution in [0.15, 0.2) is 15.9 Å². The third-order valence-electron chi connectivity index (χ3n) is 1.77. The fraction of sp³-hybridized carbons (Fsp3) is 0.444. The summed E-state index contributed by atoms with van der Waals surface area (Å²) in [5.74, 6) is -1.27. The molecule has 0 saturated carbocycles. The van der Waals surface area contributed by atoms with E-state index >= 15 is 0 Å². The molecule has 3 nitrogen and oxygen atoms in total. The summed E-state index contributed by atoms with van der Waals surface area (Å²) in [4.78, 5) is 12.0. The van der Waals surface area contributed by atoms with Crippen LogP contribution >= 0.6 is 27.3 Å². The van der Waals surface area contributed by atoms with Crippen LogP contribution < -0.4 is 0 Å². The minimum atomic E-state index is -4.40. The molecular formula is C9H9BrF3NO2S. The quantitative estimate of drug-likeness (QED) is 0.901. The zero-order chi connectivity index (χ0) is 13.1. The van der Waals surface area contributed by atoms with Crippen molar-refractivity contribution in [2.24, 2.45) is 0 Å². The van der Waals surface area contributed by atoms with Crippen LogP contribution in [-0.2, 0) is 11.3 Å². The molecule has 0 fully saturated rings. The number of alkyl halides is 3. The van der Waals surface area contributed by atoms with E-state index in [1.165, 1.54) is 11.3 Å². The second-order valence-electron chi connectivity index (χ2n) is 3.36. The van der Waals surface area contributed by atoms with E-state index in [-0.39, 0.29) is 6.54 Å². The predicted molar refractivity (Wildman–Crippen MR) is 61.0 cm³/mol. The molecule has 1 aromatic heterocycles. The van der Waals surface area contributed by atoms with E-state index < -0.39 is 25.2 Å². The first-order valence-electron chi connectivity index (χ1n) is 4.51. The average molecular weight is 332 g/mol. The van der Waals surface area contributed by atoms with Gasteiger partial charge >= 0.3 is 12.1 Å². The van der Waals surface area contributed by atoms with E-state index in [0.717, 1.165) is 8.69 Å². The molecule has 0 aromatic carbocycles. The van der Waals surface area contributed by atoms with Crippen molar-refractivity contribution in [2.45, 2.75) is 12.7 Å². The summed E-state index contributed by atoms with van der Waals surface area (Å²) in [6.07, 6.45) is -4.40. The number of carboxylic acids is 1. The molecule has 17 heavy (non-hydrogen) atoms. The largest absolute Gasteiger partial charge is 0.480 e. The van der Waals surface area contributed by atoms with Gasteiger partial charge in [-0.3, -0.25) is 9.69 Å². The summed E-state index contributed by atoms with van der Waals surface area (Å²) < 4.78 is 37.5. The first-order chi connectivity index (χ1) is 7.76. The fourth-order valence-electron chi connectivity index (χ4n) is 1.27. The molecule has 0 atom stereocenters. The number of carbonyl (C=O) groups is 1. The highest BCUT2D eigenvalue weighted by atomic mass is 79.9. The van der Waals surface area contributed by atoms with Gasteiger partial charge in [0, 0.05) is 11.4 Å². The highest BCUT2D eigenvalue weighted by Crippen LogP contribution is 2.24. The zero-order valence-electron chi connectivity index (χ0n) is 8.50. The monoisotopic (exact) mass is 331 g/mol. The normalized spacial score (nSPS) is 12.1. The molecule has 8 heteroatoms. The van der Waals surface area contributed by atoms with Gasteiger partial charge in [-0.25, -0.2) is 0 Å². The van der Waals surface area contributed by atoms with Crippen LogP contribution in [0.1, 0.15) is 4.88 Å². The maximum Gasteiger partial charge on any atom is 0.401 e. The molecule has 0 spiro atoms. The molecule has 0 aliphatic heterocycles. The molecular weight excluding hydrogens is 323 g/mol. The first-order valence-corrected chi connectivity index (χ1v) is 6.12. The minimum absolute atomic E-state index is 0.0257. The van der Waals surface area contributed by atoms with Gasteiger partial charge in [-0.05, 0) is 28.1 Å². The lowest BCUT2D eigenvalue weighted by atomic mass is 10.4. The molecule has 1 aromatic rings. The van der Waals surface area contributed by atoms with Crippen molar-refractivity contribution in [3.63, 3.8) is 0 Å². The Balaban J connectivity index is 2.66.